The minimum atomic E-state index is -0.457. The van der Waals surface area contributed by atoms with Gasteiger partial charge >= 0.3 is 5.97 Å². The molecule has 28 heavy (non-hydrogen) atoms. The van der Waals surface area contributed by atoms with Crippen molar-refractivity contribution in [3.63, 3.8) is 0 Å². The van der Waals surface area contributed by atoms with Gasteiger partial charge in [0.2, 0.25) is 0 Å². The number of esters is 1. The van der Waals surface area contributed by atoms with E-state index in [9.17, 15) is 14.9 Å². The molecule has 0 amide bonds. The van der Waals surface area contributed by atoms with Gasteiger partial charge in [-0.25, -0.2) is 4.79 Å². The molecule has 0 aromatic heterocycles. The zero-order valence-corrected chi connectivity index (χ0v) is 15.4. The number of non-ortho nitro benzene ring substituents is 1. The van der Waals surface area contributed by atoms with E-state index in [0.29, 0.717) is 17.8 Å². The number of carbonyl (C=O) groups is 1. The van der Waals surface area contributed by atoms with Gasteiger partial charge in [-0.15, -0.1) is 0 Å². The predicted molar refractivity (Wildman–Crippen MR) is 103 cm³/mol. The van der Waals surface area contributed by atoms with E-state index in [4.69, 9.17) is 9.47 Å². The van der Waals surface area contributed by atoms with Gasteiger partial charge in [0.05, 0.1) is 37.0 Å². The van der Waals surface area contributed by atoms with Gasteiger partial charge in [0.15, 0.2) is 0 Å². The van der Waals surface area contributed by atoms with Gasteiger partial charge in [0.1, 0.15) is 5.75 Å². The van der Waals surface area contributed by atoms with Crippen LogP contribution in [0.15, 0.2) is 66.4 Å². The summed E-state index contributed by atoms with van der Waals surface area (Å²) >= 11 is 0. The van der Waals surface area contributed by atoms with E-state index in [-0.39, 0.29) is 5.69 Å². The minimum Gasteiger partial charge on any atom is -0.497 e. The number of hydrogen-bond acceptors (Lipinski definition) is 7. The Kier molecular flexibility index (Phi) is 5.59. The molecular weight excluding hydrogens is 362 g/mol. The number of nitrogens with one attached hydrogen (secondary N) is 1. The van der Waals surface area contributed by atoms with Crippen molar-refractivity contribution >= 4 is 17.4 Å². The Morgan fingerprint density at radius 3 is 2.36 bits per heavy atom. The molecule has 1 N–H and O–H groups in total. The molecule has 0 radical (unpaired) electrons. The number of hydrogen-bond donors (Lipinski definition) is 1. The van der Waals surface area contributed by atoms with Gasteiger partial charge in [0.25, 0.3) is 5.69 Å². The van der Waals surface area contributed by atoms with Crippen LogP contribution in [-0.4, -0.2) is 30.1 Å². The fourth-order valence-electron chi connectivity index (χ4n) is 2.73. The molecule has 3 rings (SSSR count). The molecule has 0 saturated carbocycles. The van der Waals surface area contributed by atoms with Crippen LogP contribution in [0.25, 0.3) is 5.70 Å². The van der Waals surface area contributed by atoms with Crippen molar-refractivity contribution in [3.8, 4) is 5.75 Å². The van der Waals surface area contributed by atoms with Crippen molar-refractivity contribution in [1.29, 1.82) is 0 Å². The van der Waals surface area contributed by atoms with E-state index >= 15 is 0 Å². The molecular formula is C20H19N3O5. The van der Waals surface area contributed by atoms with Crippen LogP contribution < -0.4 is 10.2 Å². The zero-order chi connectivity index (χ0) is 20.1. The summed E-state index contributed by atoms with van der Waals surface area (Å²) in [6.07, 6.45) is 3.35. The third-order valence-corrected chi connectivity index (χ3v) is 4.18. The van der Waals surface area contributed by atoms with Gasteiger partial charge in [-0.3, -0.25) is 20.5 Å². The molecule has 144 valence electrons. The molecule has 0 spiro atoms. The summed E-state index contributed by atoms with van der Waals surface area (Å²) < 4.78 is 10.0. The van der Waals surface area contributed by atoms with Gasteiger partial charge in [0, 0.05) is 18.3 Å². The molecule has 0 saturated heterocycles. The minimum absolute atomic E-state index is 0.0277. The van der Waals surface area contributed by atoms with Crippen LogP contribution in [0.3, 0.4) is 0 Å². The summed E-state index contributed by atoms with van der Waals surface area (Å²) in [6, 6.07) is 13.7. The number of rotatable bonds is 6. The highest BCUT2D eigenvalue weighted by Crippen LogP contribution is 2.23. The monoisotopic (exact) mass is 381 g/mol. The first-order chi connectivity index (χ1) is 13.5. The van der Waals surface area contributed by atoms with Crippen molar-refractivity contribution in [2.75, 3.05) is 14.2 Å². The normalized spacial score (nSPS) is 13.1. The lowest BCUT2D eigenvalue weighted by Crippen LogP contribution is -2.35. The molecule has 1 aliphatic heterocycles. The topological polar surface area (TPSA) is 93.9 Å². The fourth-order valence-corrected chi connectivity index (χ4v) is 2.73. The van der Waals surface area contributed by atoms with Crippen molar-refractivity contribution in [1.82, 2.24) is 10.4 Å². The maximum atomic E-state index is 12.1. The summed E-state index contributed by atoms with van der Waals surface area (Å²) in [5, 5.41) is 12.5. The third kappa shape index (κ3) is 4.29. The average molecular weight is 381 g/mol. The van der Waals surface area contributed by atoms with Crippen LogP contribution in [0.2, 0.25) is 0 Å². The summed E-state index contributed by atoms with van der Waals surface area (Å²) in [4.78, 5) is 22.4. The fraction of sp³-hybridized carbons (Fsp3) is 0.150. The summed E-state index contributed by atoms with van der Waals surface area (Å²) in [5.74, 6) is 0.271. The second kappa shape index (κ2) is 8.26. The van der Waals surface area contributed by atoms with Crippen LogP contribution >= 0.6 is 0 Å². The lowest BCUT2D eigenvalue weighted by Gasteiger charge is -2.29. The van der Waals surface area contributed by atoms with Crippen molar-refractivity contribution < 1.29 is 19.2 Å². The Labute approximate surface area is 161 Å². The number of nitro benzene ring substituents is 1. The number of benzene rings is 2. The molecule has 0 unspecified atom stereocenters. The van der Waals surface area contributed by atoms with E-state index < -0.39 is 10.9 Å². The molecule has 0 fully saturated rings. The number of hydrazine groups is 1. The molecule has 0 bridgehead atoms. The number of nitro groups is 1. The summed E-state index contributed by atoms with van der Waals surface area (Å²) in [6.45, 7) is 0.395. The highest BCUT2D eigenvalue weighted by molar-refractivity contribution is 5.94. The van der Waals surface area contributed by atoms with Gasteiger partial charge in [-0.05, 0) is 41.5 Å². The molecule has 8 nitrogen and oxygen atoms in total. The van der Waals surface area contributed by atoms with E-state index in [1.54, 1.807) is 36.5 Å². The lowest BCUT2D eigenvalue weighted by atomic mass is 10.1. The number of carbonyl (C=O) groups excluding carboxylic acids is 1. The second-order valence-electron chi connectivity index (χ2n) is 6.03. The molecule has 1 aliphatic rings. The van der Waals surface area contributed by atoms with Crippen molar-refractivity contribution in [3.05, 3.63) is 87.6 Å². The quantitative estimate of drug-likeness (QED) is 0.467. The van der Waals surface area contributed by atoms with Crippen LogP contribution in [0.4, 0.5) is 5.69 Å². The Bertz CT molecular complexity index is 933. The van der Waals surface area contributed by atoms with Crippen molar-refractivity contribution in [2.24, 2.45) is 0 Å². The van der Waals surface area contributed by atoms with E-state index in [0.717, 1.165) is 16.9 Å². The van der Waals surface area contributed by atoms with Crippen molar-refractivity contribution in [2.45, 2.75) is 6.54 Å². The number of methoxy groups -OCH3 is 2. The molecule has 8 heteroatoms. The standard InChI is InChI=1S/C20H19N3O5/c1-27-18-9-5-15(6-10-18)19-11-16(20(24)28-2)13-22(21-19)12-14-3-7-17(8-4-14)23(25)26/h3-11,13,21H,12H2,1-2H3. The number of nitrogens with zero attached hydrogens (tertiary/aromatic N) is 2. The van der Waals surface area contributed by atoms with E-state index in [2.05, 4.69) is 5.43 Å². The van der Waals surface area contributed by atoms with E-state index in [1.807, 2.05) is 24.3 Å². The van der Waals surface area contributed by atoms with Gasteiger partial charge in [-0.2, -0.15) is 0 Å². The lowest BCUT2D eigenvalue weighted by molar-refractivity contribution is -0.384. The highest BCUT2D eigenvalue weighted by atomic mass is 16.6. The van der Waals surface area contributed by atoms with Crippen LogP contribution in [0, 0.1) is 10.1 Å². The molecule has 0 aliphatic carbocycles. The highest BCUT2D eigenvalue weighted by Gasteiger charge is 2.18. The Morgan fingerprint density at radius 2 is 1.79 bits per heavy atom. The second-order valence-corrected chi connectivity index (χ2v) is 6.03. The van der Waals surface area contributed by atoms with Crippen LogP contribution in [0.5, 0.6) is 5.75 Å². The Balaban J connectivity index is 1.85. The zero-order valence-electron chi connectivity index (χ0n) is 15.4. The molecule has 2 aromatic rings. The summed E-state index contributed by atoms with van der Waals surface area (Å²) in [7, 11) is 2.92. The van der Waals surface area contributed by atoms with E-state index in [1.165, 1.54) is 19.2 Å². The maximum Gasteiger partial charge on any atom is 0.339 e. The van der Waals surface area contributed by atoms with Crippen LogP contribution in [0.1, 0.15) is 11.1 Å². The molecule has 0 atom stereocenters. The molecule has 1 heterocycles. The first-order valence-corrected chi connectivity index (χ1v) is 8.43. The third-order valence-electron chi connectivity index (χ3n) is 4.18. The predicted octanol–water partition coefficient (Wildman–Crippen LogP) is 3.02. The Hall–Kier alpha value is -3.81. The smallest absolute Gasteiger partial charge is 0.339 e. The first-order valence-electron chi connectivity index (χ1n) is 8.43. The SMILES string of the molecule is COC(=O)C1=CN(Cc2ccc([N+](=O)[O-])cc2)NC(c2ccc(OC)cc2)=C1. The maximum absolute atomic E-state index is 12.1. The first kappa shape index (κ1) is 19.0. The van der Waals surface area contributed by atoms with Gasteiger partial charge in [-0.1, -0.05) is 12.1 Å². The average Bonchev–Trinajstić information content (AvgIpc) is 2.73. The van der Waals surface area contributed by atoms with Crippen LogP contribution in [-0.2, 0) is 16.1 Å². The molecule has 2 aromatic carbocycles. The summed E-state index contributed by atoms with van der Waals surface area (Å²) in [5.41, 5.74) is 6.07. The van der Waals surface area contributed by atoms with Gasteiger partial charge < -0.3 is 9.47 Å². The Morgan fingerprint density at radius 1 is 1.11 bits per heavy atom. The largest absolute Gasteiger partial charge is 0.497 e. The number of ether oxygens (including phenoxy) is 2.